The third kappa shape index (κ3) is 175. The van der Waals surface area contributed by atoms with Gasteiger partial charge in [0.25, 0.3) is 0 Å². The zero-order chi connectivity index (χ0) is 15.4. The summed E-state index contributed by atoms with van der Waals surface area (Å²) in [5, 5.41) is 2.40. The Hall–Kier alpha value is -1.59. The van der Waals surface area contributed by atoms with E-state index in [0.717, 1.165) is 11.8 Å². The Morgan fingerprint density at radius 3 is 0.947 bits per heavy atom. The summed E-state index contributed by atoms with van der Waals surface area (Å²) in [5.41, 5.74) is 40.5. The Morgan fingerprint density at radius 1 is 0.684 bits per heavy atom. The average molecular weight is 320 g/mol. The van der Waals surface area contributed by atoms with Gasteiger partial charge in [0.2, 0.25) is 0 Å². The summed E-state index contributed by atoms with van der Waals surface area (Å²) < 4.78 is 0. The van der Waals surface area contributed by atoms with Crippen molar-refractivity contribution < 1.29 is 22.4 Å². The van der Waals surface area contributed by atoms with Gasteiger partial charge in [-0.25, -0.2) is 0 Å². The van der Waals surface area contributed by atoms with E-state index in [-0.39, 0.29) is 17.1 Å². The molecule has 0 saturated heterocycles. The molecule has 0 aliphatic heterocycles. The van der Waals surface area contributed by atoms with Gasteiger partial charge in [-0.1, -0.05) is 27.7 Å². The minimum Gasteiger partial charge on any atom is -0.373 e. The maximum Gasteiger partial charge on any atom is 2.00 e. The molecule has 0 aliphatic rings. The smallest absolute Gasteiger partial charge is 0.373 e. The van der Waals surface area contributed by atoms with Crippen LogP contribution in [0.25, 0.3) is 47.9 Å². The van der Waals surface area contributed by atoms with E-state index < -0.39 is 0 Å². The van der Waals surface area contributed by atoms with Crippen LogP contribution in [0.5, 0.6) is 0 Å². The van der Waals surface area contributed by atoms with Crippen LogP contribution in [0.1, 0.15) is 27.7 Å². The Labute approximate surface area is 123 Å². The summed E-state index contributed by atoms with van der Waals surface area (Å²) in [6, 6.07) is 0. The van der Waals surface area contributed by atoms with Gasteiger partial charge in [0.1, 0.15) is 0 Å². The first-order valence-electron chi connectivity index (χ1n) is 5.14. The molecule has 0 bridgehead atoms. The van der Waals surface area contributed by atoms with E-state index in [1.54, 1.807) is 0 Å². The Balaban J connectivity index is -0.0000000548. The third-order valence-electron chi connectivity index (χ3n) is 1.28. The van der Waals surface area contributed by atoms with E-state index in [1.165, 1.54) is 27.8 Å². The fourth-order valence-electron chi connectivity index (χ4n) is 0.763. The topological polar surface area (TPSA) is 193 Å². The molecule has 113 valence electrons. The number of quaternary nitrogens is 1. The van der Waals surface area contributed by atoms with E-state index in [9.17, 15) is 0 Å². The normalized spacial score (nSPS) is 6.63. The Morgan fingerprint density at radius 2 is 0.842 bits per heavy atom. The molecule has 0 heterocycles. The molecular formula is C8H20CuN10. The van der Waals surface area contributed by atoms with Gasteiger partial charge in [-0.3, -0.25) is 14.7 Å². The summed E-state index contributed by atoms with van der Waals surface area (Å²) >= 11 is 0. The fraction of sp³-hybridized carbons (Fsp3) is 1.00. The number of hydrogen-bond acceptors (Lipinski definition) is 0. The van der Waals surface area contributed by atoms with Crippen molar-refractivity contribution >= 4 is 0 Å². The van der Waals surface area contributed by atoms with Crippen LogP contribution >= 0.6 is 0 Å². The van der Waals surface area contributed by atoms with Crippen LogP contribution in [-0.4, -0.2) is 13.1 Å². The molecule has 0 aromatic carbocycles. The molecular weight excluding hydrogens is 300 g/mol. The molecule has 0 rings (SSSR count). The fourth-order valence-corrected chi connectivity index (χ4v) is 0.763. The van der Waals surface area contributed by atoms with Crippen molar-refractivity contribution in [3.05, 3.63) is 47.9 Å². The van der Waals surface area contributed by atoms with E-state index >= 15 is 0 Å². The predicted molar refractivity (Wildman–Crippen MR) is 71.6 cm³/mol. The minimum absolute atomic E-state index is 0. The van der Waals surface area contributed by atoms with E-state index in [0.29, 0.717) is 0 Å². The monoisotopic (exact) mass is 319 g/mol. The van der Waals surface area contributed by atoms with Crippen molar-refractivity contribution in [3.8, 4) is 0 Å². The molecule has 0 aromatic rings. The molecule has 0 spiro atoms. The van der Waals surface area contributed by atoms with Crippen molar-refractivity contribution in [2.75, 3.05) is 13.1 Å². The first-order valence-corrected chi connectivity index (χ1v) is 5.14. The minimum atomic E-state index is 0. The SMILES string of the molecule is CC(C)C[NH2+]CC(C)C.[Cu+2].[N-]=[N+]=[N-].[N-]=[N+]=[N-].[N-]=[N+]=[N-]. The van der Waals surface area contributed by atoms with Crippen LogP contribution < -0.4 is 5.32 Å². The van der Waals surface area contributed by atoms with Gasteiger partial charge in [-0.05, 0) is 0 Å². The molecule has 1 radical (unpaired) electrons. The summed E-state index contributed by atoms with van der Waals surface area (Å²) in [5.74, 6) is 1.67. The quantitative estimate of drug-likeness (QED) is 0.343. The zero-order valence-corrected chi connectivity index (χ0v) is 12.4. The number of nitrogens with zero attached hydrogens (tertiary/aromatic N) is 9. The second kappa shape index (κ2) is 36.0. The Kier molecular flexibility index (Phi) is 57.6. The van der Waals surface area contributed by atoms with Crippen molar-refractivity contribution in [3.63, 3.8) is 0 Å². The van der Waals surface area contributed by atoms with Crippen molar-refractivity contribution in [2.24, 2.45) is 11.8 Å². The van der Waals surface area contributed by atoms with Crippen molar-refractivity contribution in [2.45, 2.75) is 27.7 Å². The number of rotatable bonds is 4. The molecule has 0 unspecified atom stereocenters. The van der Waals surface area contributed by atoms with Crippen LogP contribution in [0.15, 0.2) is 0 Å². The summed E-state index contributed by atoms with van der Waals surface area (Å²) in [6.07, 6.45) is 0. The van der Waals surface area contributed by atoms with Crippen LogP contribution in [0.3, 0.4) is 0 Å². The largest absolute Gasteiger partial charge is 2.00 e. The van der Waals surface area contributed by atoms with Crippen molar-refractivity contribution in [1.29, 1.82) is 0 Å². The molecule has 0 aromatic heterocycles. The van der Waals surface area contributed by atoms with Crippen molar-refractivity contribution in [1.82, 2.24) is 0 Å². The van der Waals surface area contributed by atoms with Crippen LogP contribution in [0.2, 0.25) is 0 Å². The molecule has 10 nitrogen and oxygen atoms in total. The van der Waals surface area contributed by atoms with E-state index in [4.69, 9.17) is 33.2 Å². The van der Waals surface area contributed by atoms with Gasteiger partial charge < -0.3 is 38.5 Å². The summed E-state index contributed by atoms with van der Waals surface area (Å²) in [4.78, 5) is 4.50. The maximum atomic E-state index is 6.75. The second-order valence-electron chi connectivity index (χ2n) is 3.82. The average Bonchev–Trinajstić information content (AvgIpc) is 2.19. The van der Waals surface area contributed by atoms with Gasteiger partial charge in [-0.2, -0.15) is 0 Å². The number of nitrogens with two attached hydrogens (primary N) is 1. The summed E-state index contributed by atoms with van der Waals surface area (Å²) in [7, 11) is 0. The second-order valence-corrected chi connectivity index (χ2v) is 3.82. The molecule has 11 heteroatoms. The molecule has 0 atom stereocenters. The number of hydrogen-bond donors (Lipinski definition) is 1. The molecule has 0 aliphatic carbocycles. The van der Waals surface area contributed by atoms with Gasteiger partial charge in [0.05, 0.1) is 13.1 Å². The van der Waals surface area contributed by atoms with Gasteiger partial charge in [0, 0.05) is 11.8 Å². The van der Waals surface area contributed by atoms with Crippen LogP contribution in [0.4, 0.5) is 0 Å². The predicted octanol–water partition coefficient (Wildman–Crippen LogP) is 3.46. The molecule has 0 saturated carbocycles. The van der Waals surface area contributed by atoms with E-state index in [1.807, 2.05) is 0 Å². The molecule has 0 amide bonds. The Bertz CT molecular complexity index is 210. The maximum absolute atomic E-state index is 6.75. The van der Waals surface area contributed by atoms with Gasteiger partial charge in [0.15, 0.2) is 0 Å². The first kappa shape index (κ1) is 30.4. The summed E-state index contributed by atoms with van der Waals surface area (Å²) in [6.45, 7) is 11.6. The molecule has 19 heavy (non-hydrogen) atoms. The first-order chi connectivity index (χ1) is 8.37. The van der Waals surface area contributed by atoms with Gasteiger partial charge >= 0.3 is 17.1 Å². The zero-order valence-electron chi connectivity index (χ0n) is 11.5. The molecule has 2 N–H and O–H groups in total. The standard InChI is InChI=1S/C8H19N.Cu.3N3/c1-7(2)5-9-6-8(3)4;;3*1-3-2/h7-9H,5-6H2,1-4H3;;;;/q;+2;3*-1/p+1. The van der Waals surface area contributed by atoms with Gasteiger partial charge in [-0.15, -0.1) is 0 Å². The molecule has 0 fully saturated rings. The van der Waals surface area contributed by atoms with E-state index in [2.05, 4.69) is 33.0 Å². The third-order valence-corrected chi connectivity index (χ3v) is 1.28. The van der Waals surface area contributed by atoms with Crippen LogP contribution in [0, 0.1) is 11.8 Å². The van der Waals surface area contributed by atoms with Crippen LogP contribution in [-0.2, 0) is 17.1 Å².